The van der Waals surface area contributed by atoms with E-state index in [0.717, 1.165) is 17.0 Å². The topological polar surface area (TPSA) is 133 Å². The molecule has 0 aliphatic rings. The van der Waals surface area contributed by atoms with E-state index in [1.54, 1.807) is 0 Å². The smallest absolute Gasteiger partial charge is 0.306 e. The Morgan fingerprint density at radius 2 is 1.44 bits per heavy atom. The standard InChI is InChI=1S/C14H9Cl2FN4O6/c1-2-18(11-6-10(17)8(15)5-9(11)16)14-12(20(24)25)3-7(19(22)23)4-13(14)21(26)27/h3-6H,2H2,1H3. The van der Waals surface area contributed by atoms with Crippen LogP contribution in [0.5, 0.6) is 0 Å². The van der Waals surface area contributed by atoms with Crippen LogP contribution in [0.4, 0.5) is 32.8 Å². The van der Waals surface area contributed by atoms with Gasteiger partial charge in [0.1, 0.15) is 5.82 Å². The lowest BCUT2D eigenvalue weighted by atomic mass is 10.1. The first-order valence-corrected chi connectivity index (χ1v) is 7.87. The van der Waals surface area contributed by atoms with Gasteiger partial charge in [0.2, 0.25) is 0 Å². The van der Waals surface area contributed by atoms with E-state index in [1.807, 2.05) is 0 Å². The van der Waals surface area contributed by atoms with Crippen molar-refractivity contribution in [3.63, 3.8) is 0 Å². The van der Waals surface area contributed by atoms with E-state index in [2.05, 4.69) is 0 Å². The molecule has 0 saturated carbocycles. The molecular formula is C14H9Cl2FN4O6. The number of hydrogen-bond acceptors (Lipinski definition) is 7. The van der Waals surface area contributed by atoms with Crippen LogP contribution in [0.15, 0.2) is 24.3 Å². The molecule has 0 aliphatic carbocycles. The summed E-state index contributed by atoms with van der Waals surface area (Å²) in [6.45, 7) is 1.39. The van der Waals surface area contributed by atoms with Crippen LogP contribution in [-0.4, -0.2) is 21.3 Å². The summed E-state index contributed by atoms with van der Waals surface area (Å²) in [6, 6.07) is 3.08. The van der Waals surface area contributed by atoms with Crippen molar-refractivity contribution in [2.75, 3.05) is 11.4 Å². The molecule has 0 radical (unpaired) electrons. The summed E-state index contributed by atoms with van der Waals surface area (Å²) in [5, 5.41) is 33.4. The van der Waals surface area contributed by atoms with Crippen molar-refractivity contribution < 1.29 is 19.2 Å². The van der Waals surface area contributed by atoms with Crippen molar-refractivity contribution in [3.8, 4) is 0 Å². The average molecular weight is 419 g/mol. The number of nitrogens with zero attached hydrogens (tertiary/aromatic N) is 4. The monoisotopic (exact) mass is 418 g/mol. The molecule has 0 heterocycles. The molecule has 13 heteroatoms. The van der Waals surface area contributed by atoms with Crippen molar-refractivity contribution in [2.24, 2.45) is 0 Å². The molecule has 0 N–H and O–H groups in total. The molecule has 2 aromatic rings. The van der Waals surface area contributed by atoms with Crippen LogP contribution < -0.4 is 4.90 Å². The van der Waals surface area contributed by atoms with Crippen LogP contribution in [0, 0.1) is 36.2 Å². The van der Waals surface area contributed by atoms with Gasteiger partial charge >= 0.3 is 11.4 Å². The predicted octanol–water partition coefficient (Wildman–Crippen LogP) is 5.02. The van der Waals surface area contributed by atoms with Crippen LogP contribution in [0.3, 0.4) is 0 Å². The fourth-order valence-corrected chi connectivity index (χ4v) is 2.90. The Hall–Kier alpha value is -3.05. The Balaban J connectivity index is 2.88. The number of nitro benzene ring substituents is 3. The summed E-state index contributed by atoms with van der Waals surface area (Å²) < 4.78 is 13.9. The lowest BCUT2D eigenvalue weighted by Gasteiger charge is -2.24. The first-order chi connectivity index (χ1) is 12.6. The molecule has 0 spiro atoms. The van der Waals surface area contributed by atoms with Crippen LogP contribution in [0.2, 0.25) is 10.0 Å². The van der Waals surface area contributed by atoms with E-state index < -0.39 is 43.3 Å². The van der Waals surface area contributed by atoms with E-state index in [0.29, 0.717) is 12.1 Å². The fourth-order valence-electron chi connectivity index (χ4n) is 2.42. The number of nitro groups is 3. The van der Waals surface area contributed by atoms with Gasteiger partial charge in [-0.25, -0.2) is 4.39 Å². The number of halogens is 3. The summed E-state index contributed by atoms with van der Waals surface area (Å²) in [7, 11) is 0. The molecule has 142 valence electrons. The van der Waals surface area contributed by atoms with Crippen molar-refractivity contribution >= 4 is 51.6 Å². The lowest BCUT2D eigenvalue weighted by Crippen LogP contribution is -2.20. The quantitative estimate of drug-likeness (QED) is 0.365. The Morgan fingerprint density at radius 1 is 0.926 bits per heavy atom. The first-order valence-electron chi connectivity index (χ1n) is 7.11. The van der Waals surface area contributed by atoms with Crippen molar-refractivity contribution in [1.82, 2.24) is 0 Å². The van der Waals surface area contributed by atoms with Crippen molar-refractivity contribution in [2.45, 2.75) is 6.92 Å². The Morgan fingerprint density at radius 3 is 1.85 bits per heavy atom. The summed E-state index contributed by atoms with van der Waals surface area (Å²) in [6.07, 6.45) is 0. The van der Waals surface area contributed by atoms with Crippen LogP contribution in [-0.2, 0) is 0 Å². The molecular weight excluding hydrogens is 410 g/mol. The highest BCUT2D eigenvalue weighted by Crippen LogP contribution is 2.45. The zero-order valence-electron chi connectivity index (χ0n) is 13.4. The third kappa shape index (κ3) is 3.88. The van der Waals surface area contributed by atoms with Crippen molar-refractivity contribution in [3.05, 3.63) is 70.5 Å². The molecule has 0 amide bonds. The minimum absolute atomic E-state index is 0.0969. The Kier molecular flexibility index (Phi) is 5.76. The number of hydrogen-bond donors (Lipinski definition) is 0. The van der Waals surface area contributed by atoms with Crippen LogP contribution >= 0.6 is 23.2 Å². The van der Waals surface area contributed by atoms with Gasteiger partial charge in [0, 0.05) is 12.6 Å². The zero-order valence-corrected chi connectivity index (χ0v) is 14.9. The number of non-ortho nitro benzene ring substituents is 1. The summed E-state index contributed by atoms with van der Waals surface area (Å²) >= 11 is 11.7. The third-order valence-electron chi connectivity index (χ3n) is 3.53. The van der Waals surface area contributed by atoms with Gasteiger partial charge in [0.15, 0.2) is 5.69 Å². The summed E-state index contributed by atoms with van der Waals surface area (Å²) in [5.41, 5.74) is -3.32. The average Bonchev–Trinajstić information content (AvgIpc) is 2.59. The minimum atomic E-state index is -1.00. The van der Waals surface area contributed by atoms with Gasteiger partial charge in [0.05, 0.1) is 42.6 Å². The van der Waals surface area contributed by atoms with Gasteiger partial charge in [-0.2, -0.15) is 0 Å². The van der Waals surface area contributed by atoms with Crippen LogP contribution in [0.1, 0.15) is 6.92 Å². The van der Waals surface area contributed by atoms with Gasteiger partial charge in [-0.3, -0.25) is 30.3 Å². The molecule has 0 unspecified atom stereocenters. The molecule has 2 rings (SSSR count). The molecule has 0 fully saturated rings. The highest BCUT2D eigenvalue weighted by molar-refractivity contribution is 6.36. The second-order valence-corrected chi connectivity index (χ2v) is 5.88. The van der Waals surface area contributed by atoms with Gasteiger partial charge < -0.3 is 4.90 Å². The van der Waals surface area contributed by atoms with E-state index in [-0.39, 0.29) is 22.3 Å². The first kappa shape index (κ1) is 20.3. The summed E-state index contributed by atoms with van der Waals surface area (Å²) in [5.74, 6) is -0.901. The Bertz CT molecular complexity index is 936. The predicted molar refractivity (Wildman–Crippen MR) is 95.5 cm³/mol. The molecule has 0 aliphatic heterocycles. The second-order valence-electron chi connectivity index (χ2n) is 5.07. The highest BCUT2D eigenvalue weighted by Gasteiger charge is 2.35. The molecule has 27 heavy (non-hydrogen) atoms. The van der Waals surface area contributed by atoms with E-state index in [1.165, 1.54) is 6.92 Å². The van der Waals surface area contributed by atoms with E-state index >= 15 is 0 Å². The Labute approximate surface area is 160 Å². The lowest BCUT2D eigenvalue weighted by molar-refractivity contribution is -0.402. The molecule has 0 aromatic heterocycles. The number of benzene rings is 2. The highest BCUT2D eigenvalue weighted by atomic mass is 35.5. The molecule has 0 bridgehead atoms. The zero-order chi connectivity index (χ0) is 20.5. The van der Waals surface area contributed by atoms with Crippen molar-refractivity contribution in [1.29, 1.82) is 0 Å². The van der Waals surface area contributed by atoms with Gasteiger partial charge in [0.25, 0.3) is 5.69 Å². The second kappa shape index (κ2) is 7.68. The maximum atomic E-state index is 13.9. The van der Waals surface area contributed by atoms with E-state index in [4.69, 9.17) is 23.2 Å². The number of rotatable bonds is 6. The van der Waals surface area contributed by atoms with E-state index in [9.17, 15) is 34.7 Å². The normalized spacial score (nSPS) is 10.5. The third-order valence-corrected chi connectivity index (χ3v) is 4.12. The molecule has 0 atom stereocenters. The van der Waals surface area contributed by atoms with Gasteiger partial charge in [-0.15, -0.1) is 0 Å². The maximum absolute atomic E-state index is 13.9. The van der Waals surface area contributed by atoms with Gasteiger partial charge in [-0.05, 0) is 13.0 Å². The molecule has 2 aromatic carbocycles. The SMILES string of the molecule is CCN(c1cc(F)c(Cl)cc1Cl)c1c([N+](=O)[O-])cc([N+](=O)[O-])cc1[N+](=O)[O-]. The van der Waals surface area contributed by atoms with Gasteiger partial charge in [-0.1, -0.05) is 23.2 Å². The molecule has 0 saturated heterocycles. The fraction of sp³-hybridized carbons (Fsp3) is 0.143. The number of anilines is 2. The largest absolute Gasteiger partial charge is 0.329 e. The minimum Gasteiger partial charge on any atom is -0.329 e. The summed E-state index contributed by atoms with van der Waals surface area (Å²) in [4.78, 5) is 31.9. The van der Waals surface area contributed by atoms with Crippen LogP contribution in [0.25, 0.3) is 0 Å². The molecule has 10 nitrogen and oxygen atoms in total. The maximum Gasteiger partial charge on any atom is 0.306 e.